The SMILES string of the molecule is CC1CC(C)(C)N=C(N2CCOCC2)S1. The molecule has 0 bridgehead atoms. The van der Waals surface area contributed by atoms with Gasteiger partial charge in [0.2, 0.25) is 0 Å². The molecule has 0 aliphatic carbocycles. The number of morpholine rings is 1. The largest absolute Gasteiger partial charge is 0.378 e. The maximum atomic E-state index is 5.36. The standard InChI is InChI=1S/C11H20N2OS/c1-9-8-11(2,3)12-10(15-9)13-4-6-14-7-5-13/h9H,4-8H2,1-3H3. The molecule has 0 aromatic carbocycles. The Hall–Kier alpha value is -0.220. The summed E-state index contributed by atoms with van der Waals surface area (Å²) in [7, 11) is 0. The molecule has 0 radical (unpaired) electrons. The lowest BCUT2D eigenvalue weighted by Gasteiger charge is -2.37. The van der Waals surface area contributed by atoms with E-state index >= 15 is 0 Å². The molecule has 15 heavy (non-hydrogen) atoms. The van der Waals surface area contributed by atoms with Gasteiger partial charge in [0.25, 0.3) is 0 Å². The molecule has 4 heteroatoms. The molecule has 86 valence electrons. The summed E-state index contributed by atoms with van der Waals surface area (Å²) in [5.41, 5.74) is 0.109. The molecule has 0 N–H and O–H groups in total. The molecule has 1 atom stereocenters. The van der Waals surface area contributed by atoms with Gasteiger partial charge in [-0.2, -0.15) is 0 Å². The molecule has 0 aromatic rings. The van der Waals surface area contributed by atoms with Crippen LogP contribution in [0, 0.1) is 0 Å². The first-order valence-corrected chi connectivity index (χ1v) is 6.54. The van der Waals surface area contributed by atoms with Crippen LogP contribution in [0.4, 0.5) is 0 Å². The van der Waals surface area contributed by atoms with Crippen molar-refractivity contribution in [2.75, 3.05) is 26.3 Å². The van der Waals surface area contributed by atoms with Gasteiger partial charge >= 0.3 is 0 Å². The van der Waals surface area contributed by atoms with E-state index in [0.717, 1.165) is 26.3 Å². The molecule has 1 unspecified atom stereocenters. The molecule has 3 nitrogen and oxygen atoms in total. The van der Waals surface area contributed by atoms with Crippen molar-refractivity contribution < 1.29 is 4.74 Å². The normalized spacial score (nSPS) is 31.3. The fourth-order valence-electron chi connectivity index (χ4n) is 2.16. The summed E-state index contributed by atoms with van der Waals surface area (Å²) in [5, 5.41) is 1.90. The second kappa shape index (κ2) is 4.34. The number of ether oxygens (including phenoxy) is 1. The Labute approximate surface area is 96.3 Å². The van der Waals surface area contributed by atoms with Crippen LogP contribution in [-0.4, -0.2) is 47.2 Å². The minimum Gasteiger partial charge on any atom is -0.378 e. The maximum Gasteiger partial charge on any atom is 0.160 e. The first-order chi connectivity index (χ1) is 7.07. The van der Waals surface area contributed by atoms with Crippen molar-refractivity contribution >= 4 is 16.9 Å². The van der Waals surface area contributed by atoms with Crippen LogP contribution in [-0.2, 0) is 4.74 Å². The van der Waals surface area contributed by atoms with E-state index in [0.29, 0.717) is 5.25 Å². The molecular formula is C11H20N2OS. The Morgan fingerprint density at radius 3 is 2.67 bits per heavy atom. The monoisotopic (exact) mass is 228 g/mol. The third kappa shape index (κ3) is 2.88. The summed E-state index contributed by atoms with van der Waals surface area (Å²) < 4.78 is 5.36. The van der Waals surface area contributed by atoms with Crippen LogP contribution in [0.3, 0.4) is 0 Å². The molecule has 2 aliphatic rings. The number of amidine groups is 1. The van der Waals surface area contributed by atoms with Gasteiger partial charge < -0.3 is 9.64 Å². The van der Waals surface area contributed by atoms with E-state index in [1.807, 2.05) is 11.8 Å². The fourth-order valence-corrected chi connectivity index (χ4v) is 3.64. The van der Waals surface area contributed by atoms with Crippen LogP contribution in [0.5, 0.6) is 0 Å². The number of hydrogen-bond donors (Lipinski definition) is 0. The predicted octanol–water partition coefficient (Wildman–Crippen LogP) is 1.98. The lowest BCUT2D eigenvalue weighted by Crippen LogP contribution is -2.43. The molecule has 0 aromatic heterocycles. The summed E-state index contributed by atoms with van der Waals surface area (Å²) >= 11 is 1.92. The molecule has 0 amide bonds. The van der Waals surface area contributed by atoms with Gasteiger partial charge in [-0.15, -0.1) is 0 Å². The lowest BCUT2D eigenvalue weighted by molar-refractivity contribution is 0.0688. The molecular weight excluding hydrogens is 208 g/mol. The van der Waals surface area contributed by atoms with Crippen molar-refractivity contribution in [2.45, 2.75) is 38.0 Å². The van der Waals surface area contributed by atoms with E-state index in [1.54, 1.807) is 0 Å². The van der Waals surface area contributed by atoms with Gasteiger partial charge in [0, 0.05) is 18.3 Å². The molecule has 1 fully saturated rings. The predicted molar refractivity (Wildman–Crippen MR) is 65.6 cm³/mol. The highest BCUT2D eigenvalue weighted by Crippen LogP contribution is 2.33. The average Bonchev–Trinajstić information content (AvgIpc) is 2.16. The van der Waals surface area contributed by atoms with E-state index in [2.05, 4.69) is 25.7 Å². The van der Waals surface area contributed by atoms with Gasteiger partial charge in [-0.05, 0) is 20.3 Å². The van der Waals surface area contributed by atoms with Crippen molar-refractivity contribution in [1.29, 1.82) is 0 Å². The van der Waals surface area contributed by atoms with Crippen molar-refractivity contribution in [3.8, 4) is 0 Å². The van der Waals surface area contributed by atoms with Crippen molar-refractivity contribution in [1.82, 2.24) is 4.90 Å². The van der Waals surface area contributed by atoms with Gasteiger partial charge in [0.15, 0.2) is 5.17 Å². The summed E-state index contributed by atoms with van der Waals surface area (Å²) in [6.45, 7) is 10.4. The highest BCUT2D eigenvalue weighted by Gasteiger charge is 2.30. The van der Waals surface area contributed by atoms with Crippen LogP contribution >= 0.6 is 11.8 Å². The molecule has 1 saturated heterocycles. The summed E-state index contributed by atoms with van der Waals surface area (Å²) in [4.78, 5) is 7.20. The summed E-state index contributed by atoms with van der Waals surface area (Å²) in [5.74, 6) is 0. The average molecular weight is 228 g/mol. The zero-order valence-electron chi connectivity index (χ0n) is 9.82. The van der Waals surface area contributed by atoms with E-state index in [9.17, 15) is 0 Å². The number of nitrogens with zero attached hydrogens (tertiary/aromatic N) is 2. The quantitative estimate of drug-likeness (QED) is 0.634. The molecule has 2 heterocycles. The van der Waals surface area contributed by atoms with Gasteiger partial charge in [0.05, 0.1) is 18.8 Å². The van der Waals surface area contributed by atoms with Crippen LogP contribution in [0.2, 0.25) is 0 Å². The summed E-state index contributed by atoms with van der Waals surface area (Å²) in [6.07, 6.45) is 1.17. The molecule has 2 aliphatic heterocycles. The van der Waals surface area contributed by atoms with Crippen molar-refractivity contribution in [3.63, 3.8) is 0 Å². The van der Waals surface area contributed by atoms with E-state index in [1.165, 1.54) is 11.6 Å². The Morgan fingerprint density at radius 2 is 2.07 bits per heavy atom. The van der Waals surface area contributed by atoms with Crippen LogP contribution < -0.4 is 0 Å². The van der Waals surface area contributed by atoms with Gasteiger partial charge in [-0.25, -0.2) is 0 Å². The Bertz CT molecular complexity index is 259. The maximum absolute atomic E-state index is 5.36. The van der Waals surface area contributed by atoms with Gasteiger partial charge in [-0.1, -0.05) is 18.7 Å². The van der Waals surface area contributed by atoms with Crippen molar-refractivity contribution in [2.24, 2.45) is 4.99 Å². The zero-order valence-corrected chi connectivity index (χ0v) is 10.6. The van der Waals surface area contributed by atoms with Crippen molar-refractivity contribution in [3.05, 3.63) is 0 Å². The molecule has 0 spiro atoms. The van der Waals surface area contributed by atoms with E-state index < -0.39 is 0 Å². The number of aliphatic imine (C=N–C) groups is 1. The van der Waals surface area contributed by atoms with Gasteiger partial charge in [0.1, 0.15) is 0 Å². The Balaban J connectivity index is 2.09. The Kier molecular flexibility index (Phi) is 3.26. The first kappa shape index (κ1) is 11.3. The smallest absolute Gasteiger partial charge is 0.160 e. The zero-order chi connectivity index (χ0) is 10.9. The molecule has 0 saturated carbocycles. The minimum atomic E-state index is 0.109. The summed E-state index contributed by atoms with van der Waals surface area (Å²) in [6, 6.07) is 0. The highest BCUT2D eigenvalue weighted by atomic mass is 32.2. The van der Waals surface area contributed by atoms with Crippen LogP contribution in [0.25, 0.3) is 0 Å². The minimum absolute atomic E-state index is 0.109. The lowest BCUT2D eigenvalue weighted by atomic mass is 10.00. The van der Waals surface area contributed by atoms with Crippen LogP contribution in [0.1, 0.15) is 27.2 Å². The van der Waals surface area contributed by atoms with E-state index in [4.69, 9.17) is 9.73 Å². The first-order valence-electron chi connectivity index (χ1n) is 5.66. The topological polar surface area (TPSA) is 24.8 Å². The third-order valence-electron chi connectivity index (χ3n) is 2.77. The Morgan fingerprint density at radius 1 is 1.40 bits per heavy atom. The molecule has 2 rings (SSSR count). The number of thioether (sulfide) groups is 1. The highest BCUT2D eigenvalue weighted by molar-refractivity contribution is 8.14. The third-order valence-corrected chi connectivity index (χ3v) is 3.90. The fraction of sp³-hybridized carbons (Fsp3) is 0.909. The van der Waals surface area contributed by atoms with Gasteiger partial charge in [-0.3, -0.25) is 4.99 Å². The second-order valence-electron chi connectivity index (χ2n) is 4.94. The van der Waals surface area contributed by atoms with Crippen LogP contribution in [0.15, 0.2) is 4.99 Å². The number of rotatable bonds is 0. The van der Waals surface area contributed by atoms with E-state index in [-0.39, 0.29) is 5.54 Å². The number of hydrogen-bond acceptors (Lipinski definition) is 4. The second-order valence-corrected chi connectivity index (χ2v) is 6.34.